The lowest BCUT2D eigenvalue weighted by Gasteiger charge is -2.01. The van der Waals surface area contributed by atoms with Crippen molar-refractivity contribution in [3.8, 4) is 11.3 Å². The van der Waals surface area contributed by atoms with E-state index in [1.165, 1.54) is 12.1 Å². The summed E-state index contributed by atoms with van der Waals surface area (Å²) in [5.74, 6) is -0.715. The summed E-state index contributed by atoms with van der Waals surface area (Å²) in [5.41, 5.74) is 5.67. The highest BCUT2D eigenvalue weighted by Gasteiger charge is 2.10. The van der Waals surface area contributed by atoms with Crippen LogP contribution < -0.4 is 5.43 Å². The van der Waals surface area contributed by atoms with Gasteiger partial charge in [0.05, 0.1) is 11.4 Å². The number of hydrogen-bond donors (Lipinski definition) is 2. The topological polar surface area (TPSA) is 70.1 Å². The summed E-state index contributed by atoms with van der Waals surface area (Å²) >= 11 is 0. The number of benzene rings is 2. The predicted molar refractivity (Wildman–Crippen MR) is 90.1 cm³/mol. The SMILES string of the molecule is CC(=NNC(=O)c1cc(-c2ccccc2)n[nH]1)c1ccc(F)cc1. The molecule has 0 saturated carbocycles. The van der Waals surface area contributed by atoms with Crippen LogP contribution in [0.1, 0.15) is 23.0 Å². The average molecular weight is 322 g/mol. The molecular formula is C18H15FN4O. The van der Waals surface area contributed by atoms with Crippen LogP contribution in [0.5, 0.6) is 0 Å². The van der Waals surface area contributed by atoms with E-state index in [2.05, 4.69) is 20.7 Å². The first-order chi connectivity index (χ1) is 11.6. The molecule has 0 bridgehead atoms. The Morgan fingerprint density at radius 3 is 2.54 bits per heavy atom. The summed E-state index contributed by atoms with van der Waals surface area (Å²) in [7, 11) is 0. The van der Waals surface area contributed by atoms with E-state index in [1.54, 1.807) is 25.1 Å². The van der Waals surface area contributed by atoms with Crippen LogP contribution in [-0.4, -0.2) is 21.8 Å². The molecule has 0 fully saturated rings. The molecule has 0 saturated heterocycles. The number of amides is 1. The minimum absolute atomic E-state index is 0.310. The summed E-state index contributed by atoms with van der Waals surface area (Å²) < 4.78 is 12.9. The number of nitrogens with one attached hydrogen (secondary N) is 2. The number of aromatic nitrogens is 2. The van der Waals surface area contributed by atoms with Gasteiger partial charge in [-0.25, -0.2) is 9.82 Å². The number of nitrogens with zero attached hydrogens (tertiary/aromatic N) is 2. The highest BCUT2D eigenvalue weighted by molar-refractivity contribution is 6.00. The molecule has 1 amide bonds. The van der Waals surface area contributed by atoms with Crippen molar-refractivity contribution < 1.29 is 9.18 Å². The molecule has 0 aliphatic carbocycles. The first-order valence-corrected chi connectivity index (χ1v) is 7.35. The van der Waals surface area contributed by atoms with Crippen molar-refractivity contribution in [3.63, 3.8) is 0 Å². The second-order valence-electron chi connectivity index (χ2n) is 5.18. The molecule has 0 radical (unpaired) electrons. The van der Waals surface area contributed by atoms with E-state index in [9.17, 15) is 9.18 Å². The highest BCUT2D eigenvalue weighted by atomic mass is 19.1. The predicted octanol–water partition coefficient (Wildman–Crippen LogP) is 3.37. The van der Waals surface area contributed by atoms with Gasteiger partial charge in [0.2, 0.25) is 0 Å². The van der Waals surface area contributed by atoms with E-state index in [0.29, 0.717) is 17.1 Å². The molecule has 24 heavy (non-hydrogen) atoms. The van der Waals surface area contributed by atoms with Gasteiger partial charge in [0.25, 0.3) is 5.91 Å². The van der Waals surface area contributed by atoms with Crippen LogP contribution in [0.15, 0.2) is 65.8 Å². The molecule has 1 heterocycles. The fourth-order valence-corrected chi connectivity index (χ4v) is 2.15. The van der Waals surface area contributed by atoms with Gasteiger partial charge in [-0.15, -0.1) is 0 Å². The van der Waals surface area contributed by atoms with Crippen molar-refractivity contribution in [3.05, 3.63) is 77.7 Å². The third-order valence-corrected chi connectivity index (χ3v) is 3.48. The minimum Gasteiger partial charge on any atom is -0.272 e. The van der Waals surface area contributed by atoms with Crippen molar-refractivity contribution in [2.75, 3.05) is 0 Å². The molecule has 3 rings (SSSR count). The molecule has 0 aliphatic heterocycles. The number of rotatable bonds is 4. The molecule has 120 valence electrons. The quantitative estimate of drug-likeness (QED) is 0.571. The van der Waals surface area contributed by atoms with Crippen LogP contribution in [0, 0.1) is 5.82 Å². The number of H-pyrrole nitrogens is 1. The molecule has 5 nitrogen and oxygen atoms in total. The van der Waals surface area contributed by atoms with Crippen molar-refractivity contribution >= 4 is 11.6 Å². The van der Waals surface area contributed by atoms with Gasteiger partial charge < -0.3 is 0 Å². The smallest absolute Gasteiger partial charge is 0.272 e. The number of carbonyl (C=O) groups excluding carboxylic acids is 1. The summed E-state index contributed by atoms with van der Waals surface area (Å²) in [6.07, 6.45) is 0. The summed E-state index contributed by atoms with van der Waals surface area (Å²) in [6.45, 7) is 1.73. The molecule has 0 aliphatic rings. The Balaban J connectivity index is 1.70. The Labute approximate surface area is 138 Å². The van der Waals surface area contributed by atoms with E-state index < -0.39 is 5.91 Å². The summed E-state index contributed by atoms with van der Waals surface area (Å²) in [4.78, 5) is 12.1. The van der Waals surface area contributed by atoms with Crippen LogP contribution in [0.25, 0.3) is 11.3 Å². The van der Waals surface area contributed by atoms with Gasteiger partial charge in [0.15, 0.2) is 0 Å². The van der Waals surface area contributed by atoms with Crippen LogP contribution in [0.4, 0.5) is 4.39 Å². The minimum atomic E-state index is -0.397. The summed E-state index contributed by atoms with van der Waals surface area (Å²) in [6, 6.07) is 17.1. The van der Waals surface area contributed by atoms with Crippen molar-refractivity contribution in [2.45, 2.75) is 6.92 Å². The lowest BCUT2D eigenvalue weighted by Crippen LogP contribution is -2.19. The maximum Gasteiger partial charge on any atom is 0.289 e. The zero-order valence-corrected chi connectivity index (χ0v) is 13.0. The number of hydrazone groups is 1. The van der Waals surface area contributed by atoms with Crippen molar-refractivity contribution in [1.82, 2.24) is 15.6 Å². The second-order valence-corrected chi connectivity index (χ2v) is 5.18. The lowest BCUT2D eigenvalue weighted by atomic mass is 10.1. The monoisotopic (exact) mass is 322 g/mol. The van der Waals surface area contributed by atoms with Crippen LogP contribution in [-0.2, 0) is 0 Å². The largest absolute Gasteiger partial charge is 0.289 e. The Morgan fingerprint density at radius 2 is 1.83 bits per heavy atom. The third kappa shape index (κ3) is 3.55. The van der Waals surface area contributed by atoms with Crippen molar-refractivity contribution in [2.24, 2.45) is 5.10 Å². The van der Waals surface area contributed by atoms with Gasteiger partial charge in [-0.2, -0.15) is 10.2 Å². The first-order valence-electron chi connectivity index (χ1n) is 7.35. The molecule has 2 aromatic carbocycles. The Hall–Kier alpha value is -3.28. The number of aromatic amines is 1. The van der Waals surface area contributed by atoms with Gasteiger partial charge in [-0.3, -0.25) is 9.89 Å². The van der Waals surface area contributed by atoms with Crippen molar-refractivity contribution in [1.29, 1.82) is 0 Å². The molecule has 0 spiro atoms. The molecule has 1 aromatic heterocycles. The van der Waals surface area contributed by atoms with Crippen LogP contribution >= 0.6 is 0 Å². The maximum absolute atomic E-state index is 12.9. The third-order valence-electron chi connectivity index (χ3n) is 3.48. The lowest BCUT2D eigenvalue weighted by molar-refractivity contribution is 0.0950. The normalized spacial score (nSPS) is 11.3. The van der Waals surface area contributed by atoms with Gasteiger partial charge in [-0.1, -0.05) is 42.5 Å². The molecule has 6 heteroatoms. The fourth-order valence-electron chi connectivity index (χ4n) is 2.15. The van der Waals surface area contributed by atoms with Gasteiger partial charge >= 0.3 is 0 Å². The molecule has 0 unspecified atom stereocenters. The van der Waals surface area contributed by atoms with Crippen LogP contribution in [0.2, 0.25) is 0 Å². The number of carbonyl (C=O) groups is 1. The van der Waals surface area contributed by atoms with E-state index in [4.69, 9.17) is 0 Å². The Bertz CT molecular complexity index is 870. The first kappa shape index (κ1) is 15.6. The van der Waals surface area contributed by atoms with E-state index in [0.717, 1.165) is 11.1 Å². The number of hydrogen-bond acceptors (Lipinski definition) is 3. The Kier molecular flexibility index (Phi) is 4.47. The van der Waals surface area contributed by atoms with E-state index in [-0.39, 0.29) is 5.82 Å². The molecule has 0 atom stereocenters. The average Bonchev–Trinajstić information content (AvgIpc) is 3.11. The molecule has 3 aromatic rings. The summed E-state index contributed by atoms with van der Waals surface area (Å²) in [5, 5.41) is 10.8. The van der Waals surface area contributed by atoms with Gasteiger partial charge in [0.1, 0.15) is 11.5 Å². The fraction of sp³-hybridized carbons (Fsp3) is 0.0556. The number of halogens is 1. The molecular weight excluding hydrogens is 307 g/mol. The van der Waals surface area contributed by atoms with Crippen LogP contribution in [0.3, 0.4) is 0 Å². The molecule has 2 N–H and O–H groups in total. The van der Waals surface area contributed by atoms with Gasteiger partial charge in [0, 0.05) is 5.56 Å². The zero-order valence-electron chi connectivity index (χ0n) is 13.0. The Morgan fingerprint density at radius 1 is 1.12 bits per heavy atom. The van der Waals surface area contributed by atoms with E-state index in [1.807, 2.05) is 30.3 Å². The standard InChI is InChI=1S/C18H15FN4O/c1-12(13-7-9-15(19)10-8-13)20-23-18(24)17-11-16(21-22-17)14-5-3-2-4-6-14/h2-11H,1H3,(H,21,22)(H,23,24). The highest BCUT2D eigenvalue weighted by Crippen LogP contribution is 2.16. The zero-order chi connectivity index (χ0) is 16.9. The van der Waals surface area contributed by atoms with E-state index >= 15 is 0 Å². The second kappa shape index (κ2) is 6.87. The van der Waals surface area contributed by atoms with Gasteiger partial charge in [-0.05, 0) is 30.7 Å². The maximum atomic E-state index is 12.9.